The highest BCUT2D eigenvalue weighted by Crippen LogP contribution is 2.23. The highest BCUT2D eigenvalue weighted by Gasteiger charge is 2.17. The van der Waals surface area contributed by atoms with Gasteiger partial charge in [0.2, 0.25) is 0 Å². The van der Waals surface area contributed by atoms with Gasteiger partial charge in [-0.25, -0.2) is 18.9 Å². The summed E-state index contributed by atoms with van der Waals surface area (Å²) in [4.78, 5) is 15.6. The number of nitrogens with zero attached hydrogens (tertiary/aromatic N) is 3. The predicted molar refractivity (Wildman–Crippen MR) is 70.1 cm³/mol. The molecule has 1 aromatic carbocycles. The van der Waals surface area contributed by atoms with Crippen LogP contribution >= 0.6 is 15.9 Å². The molecule has 0 fully saturated rings. The van der Waals surface area contributed by atoms with Gasteiger partial charge in [0.1, 0.15) is 5.82 Å². The average Bonchev–Trinajstić information content (AvgIpc) is 2.70. The fraction of sp³-hybridized carbons (Fsp3) is 0.250. The number of benzene rings is 1. The van der Waals surface area contributed by atoms with Gasteiger partial charge in [-0.3, -0.25) is 0 Å². The van der Waals surface area contributed by atoms with Crippen molar-refractivity contribution >= 4 is 21.9 Å². The Kier molecular flexibility index (Phi) is 3.94. The molecule has 0 saturated heterocycles. The molecule has 0 spiro atoms. The molecule has 0 unspecified atom stereocenters. The molecule has 0 radical (unpaired) electrons. The molecule has 0 atom stereocenters. The lowest BCUT2D eigenvalue weighted by molar-refractivity contribution is 0.0512. The van der Waals surface area contributed by atoms with Crippen LogP contribution in [0.4, 0.5) is 4.39 Å². The van der Waals surface area contributed by atoms with Crippen LogP contribution in [-0.4, -0.2) is 27.3 Å². The zero-order valence-corrected chi connectivity index (χ0v) is 11.9. The van der Waals surface area contributed by atoms with Crippen LogP contribution in [-0.2, 0) is 11.8 Å². The summed E-state index contributed by atoms with van der Waals surface area (Å²) < 4.78 is 20.2. The van der Waals surface area contributed by atoms with Crippen molar-refractivity contribution in [3.05, 3.63) is 34.3 Å². The summed E-state index contributed by atoms with van der Waals surface area (Å²) in [6.07, 6.45) is 0. The molecule has 2 aromatic rings. The molecule has 0 bridgehead atoms. The van der Waals surface area contributed by atoms with Crippen LogP contribution in [0.1, 0.15) is 17.5 Å². The molecular weight excluding hydrogens is 317 g/mol. The quantitative estimate of drug-likeness (QED) is 0.813. The Morgan fingerprint density at radius 3 is 2.84 bits per heavy atom. The third-order valence-corrected chi connectivity index (χ3v) is 2.80. The zero-order valence-electron chi connectivity index (χ0n) is 10.4. The number of rotatable bonds is 3. The van der Waals surface area contributed by atoms with Gasteiger partial charge in [-0.2, -0.15) is 0 Å². The summed E-state index contributed by atoms with van der Waals surface area (Å²) in [6.45, 7) is 1.95. The molecule has 19 heavy (non-hydrogen) atoms. The molecule has 100 valence electrons. The second-order valence-corrected chi connectivity index (χ2v) is 4.68. The first-order chi connectivity index (χ1) is 9.01. The first kappa shape index (κ1) is 13.7. The lowest BCUT2D eigenvalue weighted by atomic mass is 10.2. The van der Waals surface area contributed by atoms with Crippen molar-refractivity contribution in [1.82, 2.24) is 14.8 Å². The summed E-state index contributed by atoms with van der Waals surface area (Å²) >= 11 is 3.21. The maximum atomic E-state index is 13.4. The molecule has 2 rings (SSSR count). The minimum absolute atomic E-state index is 0.0419. The van der Waals surface area contributed by atoms with E-state index in [-0.39, 0.29) is 12.4 Å². The third-order valence-electron chi connectivity index (χ3n) is 2.34. The topological polar surface area (TPSA) is 57.0 Å². The predicted octanol–water partition coefficient (Wildman–Crippen LogP) is 2.56. The van der Waals surface area contributed by atoms with Gasteiger partial charge in [0.15, 0.2) is 5.82 Å². The normalized spacial score (nSPS) is 10.5. The van der Waals surface area contributed by atoms with Crippen LogP contribution < -0.4 is 0 Å². The number of aryl methyl sites for hydroxylation is 1. The zero-order chi connectivity index (χ0) is 14.0. The van der Waals surface area contributed by atoms with E-state index in [1.807, 2.05) is 0 Å². The van der Waals surface area contributed by atoms with Crippen LogP contribution in [0.25, 0.3) is 11.4 Å². The fourth-order valence-corrected chi connectivity index (χ4v) is 2.07. The number of hydrogen-bond donors (Lipinski definition) is 0. The van der Waals surface area contributed by atoms with Crippen molar-refractivity contribution in [3.63, 3.8) is 0 Å². The first-order valence-corrected chi connectivity index (χ1v) is 6.35. The summed E-state index contributed by atoms with van der Waals surface area (Å²) in [5.74, 6) is -0.645. The van der Waals surface area contributed by atoms with Crippen molar-refractivity contribution in [3.8, 4) is 11.4 Å². The number of aromatic nitrogens is 3. The van der Waals surface area contributed by atoms with Gasteiger partial charge >= 0.3 is 5.97 Å². The van der Waals surface area contributed by atoms with Gasteiger partial charge in [0.25, 0.3) is 5.82 Å². The van der Waals surface area contributed by atoms with Crippen LogP contribution in [0.15, 0.2) is 22.7 Å². The van der Waals surface area contributed by atoms with Crippen LogP contribution in [0.3, 0.4) is 0 Å². The van der Waals surface area contributed by atoms with E-state index < -0.39 is 11.8 Å². The van der Waals surface area contributed by atoms with E-state index >= 15 is 0 Å². The molecule has 0 aliphatic rings. The third kappa shape index (κ3) is 2.98. The molecule has 0 amide bonds. The van der Waals surface area contributed by atoms with Crippen LogP contribution in [0.5, 0.6) is 0 Å². The van der Waals surface area contributed by atoms with E-state index in [2.05, 4.69) is 26.0 Å². The van der Waals surface area contributed by atoms with Crippen molar-refractivity contribution in [2.24, 2.45) is 7.05 Å². The van der Waals surface area contributed by atoms with Crippen molar-refractivity contribution in [2.45, 2.75) is 6.92 Å². The minimum atomic E-state index is -0.597. The summed E-state index contributed by atoms with van der Waals surface area (Å²) in [6, 6.07) is 4.36. The SMILES string of the molecule is CCOC(=O)c1nc(-c2cc(F)cc(Br)c2)n(C)n1. The van der Waals surface area contributed by atoms with Gasteiger partial charge < -0.3 is 4.74 Å². The molecule has 1 aromatic heterocycles. The van der Waals surface area contributed by atoms with E-state index in [4.69, 9.17) is 4.74 Å². The second-order valence-electron chi connectivity index (χ2n) is 3.76. The fourth-order valence-electron chi connectivity index (χ4n) is 1.60. The second kappa shape index (κ2) is 5.48. The van der Waals surface area contributed by atoms with E-state index in [0.717, 1.165) is 0 Å². The number of halogens is 2. The van der Waals surface area contributed by atoms with E-state index in [0.29, 0.717) is 15.9 Å². The van der Waals surface area contributed by atoms with Crippen molar-refractivity contribution in [2.75, 3.05) is 6.61 Å². The highest BCUT2D eigenvalue weighted by molar-refractivity contribution is 9.10. The lowest BCUT2D eigenvalue weighted by Gasteiger charge is -2.01. The number of carbonyl (C=O) groups excluding carboxylic acids is 1. The number of carbonyl (C=O) groups is 1. The molecule has 0 N–H and O–H groups in total. The lowest BCUT2D eigenvalue weighted by Crippen LogP contribution is -2.07. The molecular formula is C12H11BrFN3O2. The van der Waals surface area contributed by atoms with E-state index in [9.17, 15) is 9.18 Å². The molecule has 7 heteroatoms. The minimum Gasteiger partial charge on any atom is -0.460 e. The monoisotopic (exact) mass is 327 g/mol. The largest absolute Gasteiger partial charge is 0.460 e. The van der Waals surface area contributed by atoms with Gasteiger partial charge in [0, 0.05) is 17.1 Å². The number of esters is 1. The van der Waals surface area contributed by atoms with Gasteiger partial charge in [0.05, 0.1) is 6.61 Å². The summed E-state index contributed by atoms with van der Waals surface area (Å²) in [5, 5.41) is 3.96. The summed E-state index contributed by atoms with van der Waals surface area (Å²) in [5.41, 5.74) is 0.525. The Morgan fingerprint density at radius 1 is 1.47 bits per heavy atom. The Bertz CT molecular complexity index is 607. The van der Waals surface area contributed by atoms with Crippen LogP contribution in [0, 0.1) is 5.82 Å². The first-order valence-electron chi connectivity index (χ1n) is 5.56. The molecule has 0 aliphatic heterocycles. The van der Waals surface area contributed by atoms with Gasteiger partial charge in [-0.05, 0) is 25.1 Å². The van der Waals surface area contributed by atoms with Gasteiger partial charge in [-0.1, -0.05) is 15.9 Å². The van der Waals surface area contributed by atoms with Crippen LogP contribution in [0.2, 0.25) is 0 Å². The molecule has 5 nitrogen and oxygen atoms in total. The van der Waals surface area contributed by atoms with Crippen molar-refractivity contribution < 1.29 is 13.9 Å². The average molecular weight is 328 g/mol. The Hall–Kier alpha value is -1.76. The Morgan fingerprint density at radius 2 is 2.21 bits per heavy atom. The number of ether oxygens (including phenoxy) is 1. The smallest absolute Gasteiger partial charge is 0.378 e. The maximum Gasteiger partial charge on any atom is 0.378 e. The molecule has 0 aliphatic carbocycles. The Balaban J connectivity index is 2.42. The maximum absolute atomic E-state index is 13.4. The number of hydrogen-bond acceptors (Lipinski definition) is 4. The Labute approximate surface area is 117 Å². The highest BCUT2D eigenvalue weighted by atomic mass is 79.9. The van der Waals surface area contributed by atoms with Gasteiger partial charge in [-0.15, -0.1) is 5.10 Å². The molecule has 1 heterocycles. The van der Waals surface area contributed by atoms with Crippen molar-refractivity contribution in [1.29, 1.82) is 0 Å². The van der Waals surface area contributed by atoms with E-state index in [1.165, 1.54) is 16.8 Å². The van der Waals surface area contributed by atoms with E-state index in [1.54, 1.807) is 20.0 Å². The standard InChI is InChI=1S/C12H11BrFN3O2/c1-3-19-12(18)10-15-11(17(2)16-10)7-4-8(13)6-9(14)5-7/h4-6H,3H2,1-2H3. The molecule has 0 saturated carbocycles. The summed E-state index contributed by atoms with van der Waals surface area (Å²) in [7, 11) is 1.63.